The van der Waals surface area contributed by atoms with Crippen LogP contribution in [-0.4, -0.2) is 85.3 Å². The molecule has 4 rings (SSSR count). The number of hydrogen-bond acceptors (Lipinski definition) is 11. The summed E-state index contributed by atoms with van der Waals surface area (Å²) in [6.07, 6.45) is 1.36. The summed E-state index contributed by atoms with van der Waals surface area (Å²) in [6.45, 7) is 22.0. The summed E-state index contributed by atoms with van der Waals surface area (Å²) in [5.74, 6) is -0.751. The van der Waals surface area contributed by atoms with Crippen molar-refractivity contribution in [3.63, 3.8) is 0 Å². The van der Waals surface area contributed by atoms with Crippen LogP contribution in [0.4, 0.5) is 0 Å². The largest absolute Gasteiger partial charge is 0.465 e. The van der Waals surface area contributed by atoms with Crippen molar-refractivity contribution in [2.45, 2.75) is 130 Å². The first kappa shape index (κ1) is 40.8. The Morgan fingerprint density at radius 2 is 1.33 bits per heavy atom. The number of para-hydroxylation sites is 2. The van der Waals surface area contributed by atoms with E-state index in [4.69, 9.17) is 28.4 Å². The Balaban J connectivity index is 1.76. The average molecular weight is 729 g/mol. The summed E-state index contributed by atoms with van der Waals surface area (Å²) in [5.41, 5.74) is 3.75. The van der Waals surface area contributed by atoms with E-state index in [1.54, 1.807) is 13.8 Å². The highest BCUT2D eigenvalue weighted by Crippen LogP contribution is 2.42. The lowest BCUT2D eigenvalue weighted by atomic mass is 9.99. The van der Waals surface area contributed by atoms with Gasteiger partial charge in [-0.25, -0.2) is 0 Å². The Kier molecular flexibility index (Phi) is 13.4. The number of rotatable bonds is 17. The summed E-state index contributed by atoms with van der Waals surface area (Å²) in [4.78, 5) is 41.9. The second-order valence-corrected chi connectivity index (χ2v) is 20.2. The quantitative estimate of drug-likeness (QED) is 0.142. The highest BCUT2D eigenvalue weighted by molar-refractivity contribution is 6.72. The lowest BCUT2D eigenvalue weighted by molar-refractivity contribution is -0.181. The fourth-order valence-corrected chi connectivity index (χ4v) is 7.07. The Bertz CT molecular complexity index is 1500. The first-order valence-corrected chi connectivity index (χ1v) is 21.1. The molecule has 1 N–H and O–H groups in total. The zero-order valence-corrected chi connectivity index (χ0v) is 33.4. The standard InChI is InChI=1S/C39H60N2O9Si/c1-11-45-33(42)24-40(21-28-15-13-17-30-26-47-38(5,6)49-35(28)30)23-32(19-20-37(3,4)51(9,10)44)41(25-34(43)46-12-2)22-29-16-14-18-31-27-48-39(7,8)50-36(29)31/h13-18,32,44H,11-12,19-27H2,1-10H3. The van der Waals surface area contributed by atoms with Crippen LogP contribution in [0.2, 0.25) is 18.1 Å². The van der Waals surface area contributed by atoms with Crippen LogP contribution < -0.4 is 9.47 Å². The molecule has 2 aromatic carbocycles. The molecule has 284 valence electrons. The molecule has 11 nitrogen and oxygen atoms in total. The van der Waals surface area contributed by atoms with E-state index in [-0.39, 0.29) is 49.3 Å². The molecule has 2 aliphatic rings. The van der Waals surface area contributed by atoms with Gasteiger partial charge in [0.25, 0.3) is 0 Å². The topological polar surface area (TPSA) is 116 Å². The van der Waals surface area contributed by atoms with Crippen molar-refractivity contribution < 1.29 is 42.8 Å². The summed E-state index contributed by atoms with van der Waals surface area (Å²) in [7, 11) is -2.57. The lowest BCUT2D eigenvalue weighted by Crippen LogP contribution is -2.48. The molecule has 1 atom stereocenters. The summed E-state index contributed by atoms with van der Waals surface area (Å²) < 4.78 is 35.5. The molecule has 0 fully saturated rings. The maximum absolute atomic E-state index is 13.3. The first-order chi connectivity index (χ1) is 23.8. The van der Waals surface area contributed by atoms with E-state index in [0.717, 1.165) is 33.8 Å². The van der Waals surface area contributed by atoms with E-state index in [9.17, 15) is 14.4 Å². The number of ether oxygens (including phenoxy) is 6. The molecule has 0 aliphatic carbocycles. The first-order valence-electron chi connectivity index (χ1n) is 18.2. The summed E-state index contributed by atoms with van der Waals surface area (Å²) in [5, 5.41) is -0.318. The van der Waals surface area contributed by atoms with Gasteiger partial charge in [-0.15, -0.1) is 0 Å². The van der Waals surface area contributed by atoms with Crippen molar-refractivity contribution in [2.75, 3.05) is 32.8 Å². The van der Waals surface area contributed by atoms with Gasteiger partial charge in [-0.05, 0) is 44.8 Å². The molecular formula is C39H60N2O9Si. The third-order valence-corrected chi connectivity index (χ3v) is 13.6. The number of benzene rings is 2. The van der Waals surface area contributed by atoms with Crippen LogP contribution >= 0.6 is 0 Å². The predicted molar refractivity (Wildman–Crippen MR) is 198 cm³/mol. The van der Waals surface area contributed by atoms with Crippen LogP contribution in [0.5, 0.6) is 11.5 Å². The molecule has 0 spiro atoms. The second-order valence-electron chi connectivity index (χ2n) is 15.7. The van der Waals surface area contributed by atoms with Crippen molar-refractivity contribution >= 4 is 20.3 Å². The Labute approximate surface area is 305 Å². The van der Waals surface area contributed by atoms with Crippen molar-refractivity contribution in [2.24, 2.45) is 0 Å². The van der Waals surface area contributed by atoms with Crippen LogP contribution in [0.25, 0.3) is 0 Å². The highest BCUT2D eigenvalue weighted by atomic mass is 28.4. The lowest BCUT2D eigenvalue weighted by Gasteiger charge is -2.40. The van der Waals surface area contributed by atoms with Gasteiger partial charge in [0, 0.05) is 75.6 Å². The second kappa shape index (κ2) is 16.8. The Morgan fingerprint density at radius 1 is 0.843 bits per heavy atom. The molecule has 0 radical (unpaired) electrons. The zero-order valence-electron chi connectivity index (χ0n) is 32.4. The minimum atomic E-state index is -2.57. The molecule has 0 amide bonds. The summed E-state index contributed by atoms with van der Waals surface area (Å²) >= 11 is 0. The molecule has 2 aromatic rings. The van der Waals surface area contributed by atoms with E-state index < -0.39 is 19.9 Å². The van der Waals surface area contributed by atoms with Crippen LogP contribution in [0.3, 0.4) is 0 Å². The Morgan fingerprint density at radius 3 is 1.82 bits per heavy atom. The third-order valence-electron chi connectivity index (χ3n) is 10.0. The fourth-order valence-electron chi connectivity index (χ4n) is 6.31. The zero-order chi connectivity index (χ0) is 37.6. The number of esters is 2. The maximum Gasteiger partial charge on any atom is 0.320 e. The van der Waals surface area contributed by atoms with Crippen molar-refractivity contribution in [3.8, 4) is 11.5 Å². The smallest absolute Gasteiger partial charge is 0.320 e. The van der Waals surface area contributed by atoms with Gasteiger partial charge in [-0.3, -0.25) is 19.4 Å². The van der Waals surface area contributed by atoms with Gasteiger partial charge in [0.05, 0.1) is 39.5 Å². The predicted octanol–water partition coefficient (Wildman–Crippen LogP) is 6.53. The van der Waals surface area contributed by atoms with Gasteiger partial charge in [0.15, 0.2) is 8.32 Å². The monoisotopic (exact) mass is 728 g/mol. The van der Waals surface area contributed by atoms with E-state index >= 15 is 0 Å². The van der Waals surface area contributed by atoms with Gasteiger partial charge in [-0.1, -0.05) is 50.2 Å². The molecule has 0 bridgehead atoms. The van der Waals surface area contributed by atoms with Gasteiger partial charge in [0.2, 0.25) is 11.6 Å². The number of carbonyl (C=O) groups excluding carboxylic acids is 2. The number of carbonyl (C=O) groups is 2. The van der Waals surface area contributed by atoms with Crippen molar-refractivity contribution in [3.05, 3.63) is 58.7 Å². The highest BCUT2D eigenvalue weighted by Gasteiger charge is 2.39. The van der Waals surface area contributed by atoms with Gasteiger partial charge in [-0.2, -0.15) is 0 Å². The number of hydrogen-bond donors (Lipinski definition) is 1. The van der Waals surface area contributed by atoms with Gasteiger partial charge >= 0.3 is 11.9 Å². The minimum Gasteiger partial charge on any atom is -0.465 e. The molecule has 0 aromatic heterocycles. The number of nitrogens with zero attached hydrogens (tertiary/aromatic N) is 2. The van der Waals surface area contributed by atoms with Crippen LogP contribution in [0, 0.1) is 0 Å². The Hall–Kier alpha value is -3.00. The molecule has 1 unspecified atom stereocenters. The van der Waals surface area contributed by atoms with E-state index in [0.29, 0.717) is 45.7 Å². The third kappa shape index (κ3) is 11.2. The molecule has 2 heterocycles. The normalized spacial score (nSPS) is 17.2. The average Bonchev–Trinajstić information content (AvgIpc) is 3.02. The van der Waals surface area contributed by atoms with Crippen LogP contribution in [0.1, 0.15) is 90.5 Å². The number of fused-ring (bicyclic) bond motifs is 2. The van der Waals surface area contributed by atoms with E-state index in [1.807, 2.05) is 77.2 Å². The summed E-state index contributed by atoms with van der Waals surface area (Å²) in [6, 6.07) is 11.8. The van der Waals surface area contributed by atoms with Crippen LogP contribution in [0.15, 0.2) is 36.4 Å². The van der Waals surface area contributed by atoms with Crippen LogP contribution in [-0.2, 0) is 54.8 Å². The molecule has 51 heavy (non-hydrogen) atoms. The molecule has 2 aliphatic heterocycles. The SMILES string of the molecule is CCOC(=O)CN(Cc1cccc2c1OC(C)(C)OC2)CC(CCC(C)(C)[Si](C)(C)O)N(CC(=O)OCC)Cc1cccc2c1OC(C)(C)OC2. The molecule has 12 heteroatoms. The molecular weight excluding hydrogens is 669 g/mol. The van der Waals surface area contributed by atoms with Gasteiger partial charge in [0.1, 0.15) is 11.5 Å². The van der Waals surface area contributed by atoms with E-state index in [2.05, 4.69) is 23.6 Å². The van der Waals surface area contributed by atoms with Crippen molar-refractivity contribution in [1.82, 2.24) is 9.80 Å². The van der Waals surface area contributed by atoms with Gasteiger partial charge < -0.3 is 33.2 Å². The molecule has 0 saturated heterocycles. The van der Waals surface area contributed by atoms with Crippen molar-refractivity contribution in [1.29, 1.82) is 0 Å². The van der Waals surface area contributed by atoms with E-state index in [1.165, 1.54) is 0 Å². The fraction of sp³-hybridized carbons (Fsp3) is 0.641. The maximum atomic E-state index is 13.3. The minimum absolute atomic E-state index is 0.0328. The molecule has 0 saturated carbocycles.